The van der Waals surface area contributed by atoms with Crippen LogP contribution in [0, 0.1) is 23.3 Å². The predicted octanol–water partition coefficient (Wildman–Crippen LogP) is 3.66. The molecule has 2 aromatic carbocycles. The molecule has 0 amide bonds. The van der Waals surface area contributed by atoms with Crippen molar-refractivity contribution >= 4 is 17.1 Å². The maximum atomic E-state index is 14.1. The Kier molecular flexibility index (Phi) is 4.37. The fraction of sp³-hybridized carbons (Fsp3) is 0.0588. The quantitative estimate of drug-likeness (QED) is 0.567. The number of aromatic nitrogens is 1. The molecular weight excluding hydrogens is 358 g/mol. The number of fused-ring (bicyclic) bond motifs is 1. The molecule has 0 fully saturated rings. The van der Waals surface area contributed by atoms with Crippen molar-refractivity contribution in [1.29, 1.82) is 0 Å². The van der Waals surface area contributed by atoms with Gasteiger partial charge in [0.15, 0.2) is 5.75 Å². The molecule has 3 aromatic rings. The summed E-state index contributed by atoms with van der Waals surface area (Å²) in [6.07, 6.45) is -0.927. The van der Waals surface area contributed by atoms with Crippen LogP contribution in [-0.4, -0.2) is 15.8 Å². The van der Waals surface area contributed by atoms with E-state index in [1.54, 1.807) is 0 Å². The zero-order valence-electron chi connectivity index (χ0n) is 12.8. The molecule has 0 bridgehead atoms. The van der Waals surface area contributed by atoms with E-state index in [0.717, 1.165) is 16.8 Å². The third-order valence-electron chi connectivity index (χ3n) is 3.66. The van der Waals surface area contributed by atoms with Gasteiger partial charge in [0.25, 0.3) is 0 Å². The van der Waals surface area contributed by atoms with Gasteiger partial charge in [-0.15, -0.1) is 0 Å². The van der Waals surface area contributed by atoms with Gasteiger partial charge in [-0.25, -0.2) is 22.4 Å². The standard InChI is InChI=1S/C17H9F4NO4/c18-8-4-11(20)9(12(21)5-8)6-22-7-14(26-17(24)25)16(23)15-10(19)2-1-3-13(15)22/h1-5,7H,6H2,(H,24,25). The largest absolute Gasteiger partial charge is 0.511 e. The van der Waals surface area contributed by atoms with Crippen LogP contribution in [0.25, 0.3) is 10.9 Å². The summed E-state index contributed by atoms with van der Waals surface area (Å²) in [5.74, 6) is -5.19. The number of carbonyl (C=O) groups is 1. The number of hydrogen-bond donors (Lipinski definition) is 1. The molecule has 1 N–H and O–H groups in total. The van der Waals surface area contributed by atoms with Crippen molar-refractivity contribution in [2.45, 2.75) is 6.54 Å². The van der Waals surface area contributed by atoms with Crippen LogP contribution < -0.4 is 10.2 Å². The number of ether oxygens (including phenoxy) is 1. The normalized spacial score (nSPS) is 10.9. The summed E-state index contributed by atoms with van der Waals surface area (Å²) in [6, 6.07) is 4.49. The fourth-order valence-corrected chi connectivity index (χ4v) is 2.56. The van der Waals surface area contributed by atoms with E-state index in [2.05, 4.69) is 4.74 Å². The third-order valence-corrected chi connectivity index (χ3v) is 3.66. The number of hydrogen-bond acceptors (Lipinski definition) is 3. The van der Waals surface area contributed by atoms with Gasteiger partial charge in [-0.2, -0.15) is 0 Å². The smallest absolute Gasteiger partial charge is 0.449 e. The number of rotatable bonds is 3. The minimum atomic E-state index is -1.82. The van der Waals surface area contributed by atoms with Crippen molar-refractivity contribution in [3.05, 3.63) is 75.6 Å². The highest BCUT2D eigenvalue weighted by Gasteiger charge is 2.18. The maximum Gasteiger partial charge on any atom is 0.511 e. The highest BCUT2D eigenvalue weighted by Crippen LogP contribution is 2.22. The molecule has 0 aliphatic carbocycles. The molecule has 0 saturated heterocycles. The zero-order valence-corrected chi connectivity index (χ0v) is 12.8. The highest BCUT2D eigenvalue weighted by molar-refractivity contribution is 5.81. The minimum Gasteiger partial charge on any atom is -0.449 e. The van der Waals surface area contributed by atoms with E-state index in [4.69, 9.17) is 5.11 Å². The Morgan fingerprint density at radius 2 is 1.73 bits per heavy atom. The van der Waals surface area contributed by atoms with Crippen LogP contribution in [0.2, 0.25) is 0 Å². The lowest BCUT2D eigenvalue weighted by atomic mass is 10.1. The third kappa shape index (κ3) is 3.10. The summed E-state index contributed by atoms with van der Waals surface area (Å²) in [5.41, 5.74) is -1.63. The molecule has 0 radical (unpaired) electrons. The second-order valence-corrected chi connectivity index (χ2v) is 5.30. The summed E-state index contributed by atoms with van der Waals surface area (Å²) < 4.78 is 60.3. The van der Waals surface area contributed by atoms with Gasteiger partial charge in [-0.1, -0.05) is 6.07 Å². The Balaban J connectivity index is 2.26. The summed E-state index contributed by atoms with van der Waals surface area (Å²) >= 11 is 0. The molecule has 9 heteroatoms. The molecule has 0 spiro atoms. The van der Waals surface area contributed by atoms with Crippen molar-refractivity contribution in [2.75, 3.05) is 0 Å². The van der Waals surface area contributed by atoms with Crippen LogP contribution in [0.4, 0.5) is 22.4 Å². The Labute approximate surface area is 142 Å². The molecule has 5 nitrogen and oxygen atoms in total. The first kappa shape index (κ1) is 17.5. The molecule has 1 aromatic heterocycles. The first-order valence-electron chi connectivity index (χ1n) is 7.14. The number of pyridine rings is 1. The van der Waals surface area contributed by atoms with Crippen LogP contribution in [-0.2, 0) is 6.54 Å². The van der Waals surface area contributed by atoms with Gasteiger partial charge in [0, 0.05) is 17.7 Å². The first-order chi connectivity index (χ1) is 12.3. The molecule has 1 heterocycles. The molecule has 0 atom stereocenters. The second-order valence-electron chi connectivity index (χ2n) is 5.30. The van der Waals surface area contributed by atoms with E-state index in [9.17, 15) is 27.2 Å². The summed E-state index contributed by atoms with van der Waals surface area (Å²) in [6.45, 7) is -0.561. The van der Waals surface area contributed by atoms with Crippen molar-refractivity contribution in [3.8, 4) is 5.75 Å². The lowest BCUT2D eigenvalue weighted by Crippen LogP contribution is -2.18. The minimum absolute atomic E-state index is 0.0455. The van der Waals surface area contributed by atoms with E-state index in [-0.39, 0.29) is 5.52 Å². The Bertz CT molecular complexity index is 1070. The molecular formula is C17H9F4NO4. The van der Waals surface area contributed by atoms with Gasteiger partial charge in [0.2, 0.25) is 5.43 Å². The molecule has 3 rings (SSSR count). The lowest BCUT2D eigenvalue weighted by molar-refractivity contribution is 0.143. The predicted molar refractivity (Wildman–Crippen MR) is 82.2 cm³/mol. The Hall–Kier alpha value is -3.36. The Morgan fingerprint density at radius 3 is 2.35 bits per heavy atom. The number of halogens is 4. The fourth-order valence-electron chi connectivity index (χ4n) is 2.56. The van der Waals surface area contributed by atoms with E-state index in [1.807, 2.05) is 0 Å². The second kappa shape index (κ2) is 6.51. The molecule has 0 aliphatic rings. The number of benzene rings is 2. The molecule has 0 aliphatic heterocycles. The summed E-state index contributed by atoms with van der Waals surface area (Å²) in [7, 11) is 0. The molecule has 26 heavy (non-hydrogen) atoms. The first-order valence-corrected chi connectivity index (χ1v) is 7.14. The van der Waals surface area contributed by atoms with Gasteiger partial charge in [0.05, 0.1) is 23.6 Å². The van der Waals surface area contributed by atoms with E-state index in [0.29, 0.717) is 12.1 Å². The van der Waals surface area contributed by atoms with Crippen LogP contribution in [0.15, 0.2) is 41.3 Å². The van der Waals surface area contributed by atoms with E-state index >= 15 is 0 Å². The highest BCUT2D eigenvalue weighted by atomic mass is 19.1. The van der Waals surface area contributed by atoms with Crippen molar-refractivity contribution in [1.82, 2.24) is 4.57 Å². The van der Waals surface area contributed by atoms with Gasteiger partial charge >= 0.3 is 6.16 Å². The monoisotopic (exact) mass is 367 g/mol. The van der Waals surface area contributed by atoms with Gasteiger partial charge in [0.1, 0.15) is 23.3 Å². The molecule has 0 saturated carbocycles. The van der Waals surface area contributed by atoms with Gasteiger partial charge in [-0.05, 0) is 12.1 Å². The van der Waals surface area contributed by atoms with E-state index < -0.39 is 58.1 Å². The van der Waals surface area contributed by atoms with Crippen LogP contribution >= 0.6 is 0 Å². The van der Waals surface area contributed by atoms with Crippen LogP contribution in [0.3, 0.4) is 0 Å². The van der Waals surface area contributed by atoms with Crippen molar-refractivity contribution in [3.63, 3.8) is 0 Å². The van der Waals surface area contributed by atoms with E-state index in [1.165, 1.54) is 12.1 Å². The topological polar surface area (TPSA) is 68.5 Å². The van der Waals surface area contributed by atoms with Gasteiger partial charge < -0.3 is 14.4 Å². The zero-order chi connectivity index (χ0) is 19.0. The van der Waals surface area contributed by atoms with Crippen LogP contribution in [0.1, 0.15) is 5.56 Å². The van der Waals surface area contributed by atoms with Crippen molar-refractivity contribution < 1.29 is 32.2 Å². The number of nitrogens with zero attached hydrogens (tertiary/aromatic N) is 1. The SMILES string of the molecule is O=C(O)Oc1cn(Cc2c(F)cc(F)cc2F)c2cccc(F)c2c1=O. The Morgan fingerprint density at radius 1 is 1.08 bits per heavy atom. The average Bonchev–Trinajstić information content (AvgIpc) is 2.54. The lowest BCUT2D eigenvalue weighted by Gasteiger charge is -2.14. The summed E-state index contributed by atoms with van der Waals surface area (Å²) in [4.78, 5) is 23.0. The molecule has 0 unspecified atom stereocenters. The van der Waals surface area contributed by atoms with Crippen LogP contribution in [0.5, 0.6) is 5.75 Å². The van der Waals surface area contributed by atoms with Gasteiger partial charge in [-0.3, -0.25) is 4.79 Å². The number of carboxylic acid groups (broad SMARTS) is 1. The van der Waals surface area contributed by atoms with Crippen molar-refractivity contribution in [2.24, 2.45) is 0 Å². The molecule has 134 valence electrons. The average molecular weight is 367 g/mol. The summed E-state index contributed by atoms with van der Waals surface area (Å²) in [5, 5.41) is 8.20. The maximum absolute atomic E-state index is 14.1.